The smallest absolute Gasteiger partial charge is 0.324 e. The summed E-state index contributed by atoms with van der Waals surface area (Å²) in [6.07, 6.45) is -3.71. The number of halogens is 3. The van der Waals surface area contributed by atoms with Crippen LogP contribution in [0, 0.1) is 13.8 Å². The first-order chi connectivity index (χ1) is 12.4. The van der Waals surface area contributed by atoms with Crippen molar-refractivity contribution in [2.75, 3.05) is 22.4 Å². The van der Waals surface area contributed by atoms with Gasteiger partial charge in [0.25, 0.3) is 0 Å². The monoisotopic (exact) mass is 400 g/mol. The van der Waals surface area contributed by atoms with Crippen LogP contribution in [0.4, 0.5) is 24.5 Å². The maximum Gasteiger partial charge on any atom is 0.418 e. The fourth-order valence-corrected chi connectivity index (χ4v) is 3.29. The van der Waals surface area contributed by atoms with Gasteiger partial charge in [0, 0.05) is 0 Å². The van der Waals surface area contributed by atoms with Crippen molar-refractivity contribution < 1.29 is 26.4 Å². The first-order valence-electron chi connectivity index (χ1n) is 7.90. The van der Waals surface area contributed by atoms with Crippen LogP contribution in [0.3, 0.4) is 0 Å². The third-order valence-electron chi connectivity index (χ3n) is 3.97. The fourth-order valence-electron chi connectivity index (χ4n) is 2.44. The molecule has 0 aliphatic rings. The summed E-state index contributed by atoms with van der Waals surface area (Å²) in [6.45, 7) is 3.00. The van der Waals surface area contributed by atoms with Crippen LogP contribution in [0.2, 0.25) is 0 Å². The zero-order valence-electron chi connectivity index (χ0n) is 15.0. The van der Waals surface area contributed by atoms with Crippen LogP contribution in [-0.4, -0.2) is 27.1 Å². The van der Waals surface area contributed by atoms with Gasteiger partial charge in [0.1, 0.15) is 6.54 Å². The Bertz CT molecular complexity index is 957. The Morgan fingerprint density at radius 2 is 1.70 bits per heavy atom. The minimum Gasteiger partial charge on any atom is -0.324 e. The molecule has 146 valence electrons. The first kappa shape index (κ1) is 20.8. The van der Waals surface area contributed by atoms with E-state index in [1.165, 1.54) is 12.1 Å². The largest absolute Gasteiger partial charge is 0.418 e. The number of nitrogens with zero attached hydrogens (tertiary/aromatic N) is 1. The molecule has 2 aromatic rings. The molecule has 0 heterocycles. The minimum atomic E-state index is -4.64. The van der Waals surface area contributed by atoms with Crippen molar-refractivity contribution in [2.45, 2.75) is 20.0 Å². The predicted octanol–water partition coefficient (Wildman–Crippen LogP) is 3.73. The van der Waals surface area contributed by atoms with Gasteiger partial charge in [-0.05, 0) is 49.2 Å². The van der Waals surface area contributed by atoms with Gasteiger partial charge in [0.2, 0.25) is 15.9 Å². The zero-order valence-corrected chi connectivity index (χ0v) is 15.8. The Hall–Kier alpha value is -2.55. The Morgan fingerprint density at radius 1 is 1.07 bits per heavy atom. The third kappa shape index (κ3) is 5.22. The Morgan fingerprint density at radius 3 is 2.26 bits per heavy atom. The number of para-hydroxylation sites is 1. The summed E-state index contributed by atoms with van der Waals surface area (Å²) in [5.41, 5.74) is 0.596. The van der Waals surface area contributed by atoms with Gasteiger partial charge in [-0.2, -0.15) is 13.2 Å². The SMILES string of the molecule is Cc1ccc(N(CC(=O)Nc2ccccc2C(F)(F)F)S(C)(=O)=O)cc1C. The van der Waals surface area contributed by atoms with Gasteiger partial charge >= 0.3 is 6.18 Å². The predicted molar refractivity (Wildman–Crippen MR) is 98.2 cm³/mol. The maximum atomic E-state index is 13.0. The molecule has 2 rings (SSSR count). The topological polar surface area (TPSA) is 66.5 Å². The molecule has 1 amide bonds. The summed E-state index contributed by atoms with van der Waals surface area (Å²) in [5, 5.41) is 2.15. The van der Waals surface area contributed by atoms with Gasteiger partial charge < -0.3 is 5.32 Å². The van der Waals surface area contributed by atoms with Crippen molar-refractivity contribution in [2.24, 2.45) is 0 Å². The van der Waals surface area contributed by atoms with E-state index in [0.29, 0.717) is 0 Å². The molecule has 0 atom stereocenters. The highest BCUT2D eigenvalue weighted by molar-refractivity contribution is 7.92. The summed E-state index contributed by atoms with van der Waals surface area (Å²) < 4.78 is 64.2. The Kier molecular flexibility index (Phi) is 5.84. The number of hydrogen-bond acceptors (Lipinski definition) is 3. The van der Waals surface area contributed by atoms with E-state index in [-0.39, 0.29) is 5.69 Å². The minimum absolute atomic E-state index is 0.264. The number of nitrogens with one attached hydrogen (secondary N) is 1. The normalized spacial score (nSPS) is 11.9. The van der Waals surface area contributed by atoms with Crippen molar-refractivity contribution in [1.29, 1.82) is 0 Å². The van der Waals surface area contributed by atoms with Crippen LogP contribution < -0.4 is 9.62 Å². The molecule has 0 saturated heterocycles. The number of amides is 1. The Balaban J connectivity index is 2.30. The van der Waals surface area contributed by atoms with Crippen LogP contribution in [0.5, 0.6) is 0 Å². The van der Waals surface area contributed by atoms with Crippen LogP contribution in [-0.2, 0) is 21.0 Å². The standard InChI is InChI=1S/C18H19F3N2O3S/c1-12-8-9-14(10-13(12)2)23(27(3,25)26)11-17(24)22-16-7-5-4-6-15(16)18(19,20)21/h4-10H,11H2,1-3H3,(H,22,24). The molecule has 5 nitrogen and oxygen atoms in total. The molecule has 27 heavy (non-hydrogen) atoms. The summed E-state index contributed by atoms with van der Waals surface area (Å²) in [7, 11) is -3.82. The molecule has 0 aliphatic carbocycles. The van der Waals surface area contributed by atoms with Crippen LogP contribution in [0.25, 0.3) is 0 Å². The highest BCUT2D eigenvalue weighted by Crippen LogP contribution is 2.34. The van der Waals surface area contributed by atoms with Gasteiger partial charge in [-0.3, -0.25) is 9.10 Å². The van der Waals surface area contributed by atoms with Crippen molar-refractivity contribution >= 4 is 27.3 Å². The number of anilines is 2. The maximum absolute atomic E-state index is 13.0. The lowest BCUT2D eigenvalue weighted by Gasteiger charge is -2.23. The van der Waals surface area contributed by atoms with Crippen molar-refractivity contribution in [3.05, 3.63) is 59.2 Å². The van der Waals surface area contributed by atoms with E-state index in [9.17, 15) is 26.4 Å². The highest BCUT2D eigenvalue weighted by Gasteiger charge is 2.33. The molecular weight excluding hydrogens is 381 g/mol. The van der Waals surface area contributed by atoms with Crippen LogP contribution in [0.1, 0.15) is 16.7 Å². The number of hydrogen-bond donors (Lipinski definition) is 1. The van der Waals surface area contributed by atoms with E-state index in [1.54, 1.807) is 25.1 Å². The molecule has 0 aliphatic heterocycles. The number of benzene rings is 2. The molecule has 0 unspecified atom stereocenters. The van der Waals surface area contributed by atoms with Crippen molar-refractivity contribution in [3.8, 4) is 0 Å². The summed E-state index contributed by atoms with van der Waals surface area (Å²) in [4.78, 5) is 12.3. The molecule has 0 saturated carbocycles. The van der Waals surface area contributed by atoms with Gasteiger partial charge in [-0.1, -0.05) is 18.2 Å². The van der Waals surface area contributed by atoms with Gasteiger partial charge in [0.05, 0.1) is 23.2 Å². The second-order valence-corrected chi connectivity index (χ2v) is 8.04. The molecule has 0 spiro atoms. The fraction of sp³-hybridized carbons (Fsp3) is 0.278. The van der Waals surface area contributed by atoms with E-state index in [0.717, 1.165) is 33.8 Å². The lowest BCUT2D eigenvalue weighted by atomic mass is 10.1. The number of alkyl halides is 3. The van der Waals surface area contributed by atoms with Crippen molar-refractivity contribution in [1.82, 2.24) is 0 Å². The molecule has 0 fully saturated rings. The molecule has 2 aromatic carbocycles. The molecule has 0 radical (unpaired) electrons. The zero-order chi connectivity index (χ0) is 20.4. The average Bonchev–Trinajstić information content (AvgIpc) is 2.54. The van der Waals surface area contributed by atoms with Gasteiger partial charge in [-0.15, -0.1) is 0 Å². The molecular formula is C18H19F3N2O3S. The summed E-state index contributed by atoms with van der Waals surface area (Å²) in [5.74, 6) is -0.879. The van der Waals surface area contributed by atoms with E-state index in [2.05, 4.69) is 5.32 Å². The third-order valence-corrected chi connectivity index (χ3v) is 5.11. The summed E-state index contributed by atoms with van der Waals surface area (Å²) in [6, 6.07) is 9.36. The molecule has 0 bridgehead atoms. The van der Waals surface area contributed by atoms with Gasteiger partial charge in [0.15, 0.2) is 0 Å². The van der Waals surface area contributed by atoms with Crippen LogP contribution >= 0.6 is 0 Å². The van der Waals surface area contributed by atoms with Gasteiger partial charge in [-0.25, -0.2) is 8.42 Å². The molecule has 0 aromatic heterocycles. The van der Waals surface area contributed by atoms with E-state index < -0.39 is 39.9 Å². The number of aryl methyl sites for hydroxylation is 2. The second kappa shape index (κ2) is 7.59. The quantitative estimate of drug-likeness (QED) is 0.832. The lowest BCUT2D eigenvalue weighted by Crippen LogP contribution is -2.37. The summed E-state index contributed by atoms with van der Waals surface area (Å²) >= 11 is 0. The molecule has 1 N–H and O–H groups in total. The number of carbonyl (C=O) groups excluding carboxylic acids is 1. The second-order valence-electron chi connectivity index (χ2n) is 6.13. The van der Waals surface area contributed by atoms with E-state index >= 15 is 0 Å². The number of rotatable bonds is 5. The molecule has 9 heteroatoms. The van der Waals surface area contributed by atoms with E-state index in [1.807, 2.05) is 6.92 Å². The van der Waals surface area contributed by atoms with E-state index in [4.69, 9.17) is 0 Å². The highest BCUT2D eigenvalue weighted by atomic mass is 32.2. The average molecular weight is 400 g/mol. The first-order valence-corrected chi connectivity index (χ1v) is 9.75. The number of sulfonamides is 1. The van der Waals surface area contributed by atoms with Crippen LogP contribution in [0.15, 0.2) is 42.5 Å². The lowest BCUT2D eigenvalue weighted by molar-refractivity contribution is -0.137. The van der Waals surface area contributed by atoms with Crippen molar-refractivity contribution in [3.63, 3.8) is 0 Å². The number of carbonyl (C=O) groups is 1. The Labute approximate surface area is 155 Å².